The molecule has 0 saturated heterocycles. The van der Waals surface area contributed by atoms with E-state index in [4.69, 9.17) is 0 Å². The number of carbonyl (C=O) groups excluding carboxylic acids is 4. The molecule has 0 N–H and O–H groups in total. The topological polar surface area (TPSA) is 74.8 Å². The summed E-state index contributed by atoms with van der Waals surface area (Å²) in [5.74, 6) is -2.27. The molecule has 28 heavy (non-hydrogen) atoms. The number of amides is 3. The highest BCUT2D eigenvalue weighted by molar-refractivity contribution is 8.21. The first-order valence-corrected chi connectivity index (χ1v) is 10.7. The van der Waals surface area contributed by atoms with Gasteiger partial charge in [0.2, 0.25) is 5.78 Å². The van der Waals surface area contributed by atoms with Gasteiger partial charge >= 0.3 is 0 Å². The van der Waals surface area contributed by atoms with Crippen molar-refractivity contribution in [3.63, 3.8) is 0 Å². The molecular formula is C20H14N2O4S2. The number of hydrazine groups is 1. The molecule has 140 valence electrons. The third-order valence-corrected chi connectivity index (χ3v) is 6.71. The average Bonchev–Trinajstić information content (AvgIpc) is 2.97. The molecule has 8 heteroatoms. The van der Waals surface area contributed by atoms with Crippen LogP contribution in [0.25, 0.3) is 0 Å². The summed E-state index contributed by atoms with van der Waals surface area (Å²) in [6.45, 7) is 0. The minimum Gasteiger partial charge on any atom is -0.288 e. The van der Waals surface area contributed by atoms with Crippen molar-refractivity contribution in [1.82, 2.24) is 5.01 Å². The highest BCUT2D eigenvalue weighted by Crippen LogP contribution is 2.39. The molecule has 2 aliphatic heterocycles. The number of Topliss-reactive ketones (excluding diaryl/α,β-unsaturated/α-hetero) is 1. The van der Waals surface area contributed by atoms with Crippen LogP contribution < -0.4 is 5.01 Å². The van der Waals surface area contributed by atoms with Gasteiger partial charge in [-0.25, -0.2) is 5.01 Å². The van der Waals surface area contributed by atoms with Crippen LogP contribution in [0.3, 0.4) is 0 Å². The van der Waals surface area contributed by atoms with Crippen molar-refractivity contribution in [1.29, 1.82) is 0 Å². The molecule has 2 heterocycles. The molecule has 0 radical (unpaired) electrons. The van der Waals surface area contributed by atoms with Crippen molar-refractivity contribution < 1.29 is 19.2 Å². The Kier molecular flexibility index (Phi) is 4.60. The van der Waals surface area contributed by atoms with E-state index < -0.39 is 23.5 Å². The number of anilines is 1. The lowest BCUT2D eigenvalue weighted by Crippen LogP contribution is -2.53. The predicted molar refractivity (Wildman–Crippen MR) is 109 cm³/mol. The zero-order chi connectivity index (χ0) is 20.0. The molecular weight excluding hydrogens is 396 g/mol. The Balaban J connectivity index is 1.94. The van der Waals surface area contributed by atoms with E-state index >= 15 is 0 Å². The Bertz CT molecular complexity index is 1050. The molecule has 4 rings (SSSR count). The SMILES string of the molecule is CSC(SC)=C1C(=O)c2ccccc2N(N2C(=O)c3ccccc3C2=O)C1=O. The number of rotatable bonds is 3. The van der Waals surface area contributed by atoms with Crippen LogP contribution in [0, 0.1) is 0 Å². The molecule has 2 aliphatic rings. The van der Waals surface area contributed by atoms with Crippen molar-refractivity contribution in [3.8, 4) is 0 Å². The molecule has 6 nitrogen and oxygen atoms in total. The quantitative estimate of drug-likeness (QED) is 0.439. The Labute approximate surface area is 169 Å². The first-order chi connectivity index (χ1) is 13.5. The van der Waals surface area contributed by atoms with Crippen LogP contribution in [0.5, 0.6) is 0 Å². The number of thioether (sulfide) groups is 2. The summed E-state index contributed by atoms with van der Waals surface area (Å²) in [7, 11) is 0. The van der Waals surface area contributed by atoms with Gasteiger partial charge in [0.25, 0.3) is 17.7 Å². The fourth-order valence-corrected chi connectivity index (χ4v) is 4.76. The van der Waals surface area contributed by atoms with Crippen LogP contribution in [0.2, 0.25) is 0 Å². The Hall–Kier alpha value is -2.84. The van der Waals surface area contributed by atoms with Crippen LogP contribution in [0.15, 0.2) is 58.3 Å². The number of carbonyl (C=O) groups is 4. The molecule has 0 saturated carbocycles. The highest BCUT2D eigenvalue weighted by Gasteiger charge is 2.47. The third-order valence-electron chi connectivity index (χ3n) is 4.56. The van der Waals surface area contributed by atoms with E-state index in [0.29, 0.717) is 4.24 Å². The lowest BCUT2D eigenvalue weighted by atomic mass is 9.97. The van der Waals surface area contributed by atoms with Crippen LogP contribution in [0.4, 0.5) is 5.69 Å². The summed E-state index contributed by atoms with van der Waals surface area (Å²) < 4.78 is 0.533. The minimum absolute atomic E-state index is 0.0322. The lowest BCUT2D eigenvalue weighted by molar-refractivity contribution is -0.117. The number of benzene rings is 2. The van der Waals surface area contributed by atoms with Crippen LogP contribution >= 0.6 is 23.5 Å². The predicted octanol–water partition coefficient (Wildman–Crippen LogP) is 3.36. The molecule has 2 aromatic rings. The normalized spacial score (nSPS) is 15.9. The number of nitrogens with zero attached hydrogens (tertiary/aromatic N) is 2. The van der Waals surface area contributed by atoms with Crippen LogP contribution in [-0.2, 0) is 4.79 Å². The van der Waals surface area contributed by atoms with Crippen molar-refractivity contribution in [2.45, 2.75) is 0 Å². The Morgan fingerprint density at radius 1 is 0.679 bits per heavy atom. The molecule has 3 amide bonds. The fourth-order valence-electron chi connectivity index (χ4n) is 3.32. The second-order valence-corrected chi connectivity index (χ2v) is 7.89. The van der Waals surface area contributed by atoms with Gasteiger partial charge in [0.15, 0.2) is 0 Å². The van der Waals surface area contributed by atoms with E-state index in [0.717, 1.165) is 10.0 Å². The van der Waals surface area contributed by atoms with Crippen LogP contribution in [-0.4, -0.2) is 41.0 Å². The second kappa shape index (κ2) is 6.96. The van der Waals surface area contributed by atoms with Gasteiger partial charge in [-0.1, -0.05) is 24.3 Å². The summed E-state index contributed by atoms with van der Waals surface area (Å²) in [5, 5.41) is 1.86. The summed E-state index contributed by atoms with van der Waals surface area (Å²) in [5.41, 5.74) is 0.923. The zero-order valence-corrected chi connectivity index (χ0v) is 16.6. The van der Waals surface area contributed by atoms with Gasteiger partial charge in [0.1, 0.15) is 5.57 Å². The number of imide groups is 1. The van der Waals surface area contributed by atoms with Crippen molar-refractivity contribution in [2.75, 3.05) is 17.5 Å². The van der Waals surface area contributed by atoms with E-state index in [-0.39, 0.29) is 28.0 Å². The smallest absolute Gasteiger partial charge is 0.283 e. The molecule has 0 atom stereocenters. The summed E-state index contributed by atoms with van der Waals surface area (Å²) >= 11 is 2.56. The van der Waals surface area contributed by atoms with Gasteiger partial charge in [-0.15, -0.1) is 23.5 Å². The summed E-state index contributed by atoms with van der Waals surface area (Å²) in [6, 6.07) is 12.9. The maximum atomic E-state index is 13.4. The molecule has 0 spiro atoms. The first-order valence-electron chi connectivity index (χ1n) is 8.29. The van der Waals surface area contributed by atoms with E-state index in [1.165, 1.54) is 23.5 Å². The molecule has 0 bridgehead atoms. The minimum atomic E-state index is -0.683. The Morgan fingerprint density at radius 2 is 1.18 bits per heavy atom. The van der Waals surface area contributed by atoms with Crippen molar-refractivity contribution in [3.05, 3.63) is 75.0 Å². The lowest BCUT2D eigenvalue weighted by Gasteiger charge is -2.35. The monoisotopic (exact) mass is 410 g/mol. The van der Waals surface area contributed by atoms with Gasteiger partial charge in [0.05, 0.1) is 21.1 Å². The number of hydrogen-bond acceptors (Lipinski definition) is 6. The van der Waals surface area contributed by atoms with Crippen molar-refractivity contribution in [2.24, 2.45) is 0 Å². The highest BCUT2D eigenvalue weighted by atomic mass is 32.2. The Morgan fingerprint density at radius 3 is 1.71 bits per heavy atom. The van der Waals surface area contributed by atoms with E-state index in [9.17, 15) is 19.2 Å². The standard InChI is InChI=1S/C20H14N2O4S2/c1-27-20(28-2)15-16(23)13-9-5-6-10-14(13)21(19(15)26)22-17(24)11-7-3-4-8-12(11)18(22)25/h3-10H,1-2H3. The average molecular weight is 410 g/mol. The number of ketones is 1. The fraction of sp³-hybridized carbons (Fsp3) is 0.100. The maximum absolute atomic E-state index is 13.4. The van der Waals surface area contributed by atoms with Crippen molar-refractivity contribution >= 4 is 52.7 Å². The third kappa shape index (κ3) is 2.52. The summed E-state index contributed by atoms with van der Waals surface area (Å²) in [6.07, 6.45) is 3.54. The first kappa shape index (κ1) is 18.5. The zero-order valence-electron chi connectivity index (χ0n) is 15.0. The molecule has 0 aliphatic carbocycles. The van der Waals surface area contributed by atoms with E-state index in [2.05, 4.69) is 0 Å². The molecule has 0 aromatic heterocycles. The van der Waals surface area contributed by atoms with E-state index in [1.807, 2.05) is 0 Å². The summed E-state index contributed by atoms with van der Waals surface area (Å²) in [4.78, 5) is 52.3. The largest absolute Gasteiger partial charge is 0.288 e. The van der Waals surface area contributed by atoms with Gasteiger partial charge in [-0.2, -0.15) is 5.01 Å². The molecule has 0 unspecified atom stereocenters. The molecule has 2 aromatic carbocycles. The second-order valence-electron chi connectivity index (χ2n) is 6.00. The van der Waals surface area contributed by atoms with E-state index in [1.54, 1.807) is 61.0 Å². The van der Waals surface area contributed by atoms with Gasteiger partial charge < -0.3 is 0 Å². The van der Waals surface area contributed by atoms with Gasteiger partial charge in [0, 0.05) is 5.56 Å². The maximum Gasteiger partial charge on any atom is 0.283 e. The van der Waals surface area contributed by atoms with Gasteiger partial charge in [-0.3, -0.25) is 19.2 Å². The molecule has 0 fully saturated rings. The van der Waals surface area contributed by atoms with Gasteiger partial charge in [-0.05, 0) is 36.8 Å². The van der Waals surface area contributed by atoms with Crippen LogP contribution in [0.1, 0.15) is 31.1 Å². The number of fused-ring (bicyclic) bond motifs is 2. The number of hydrogen-bond donors (Lipinski definition) is 0. The number of para-hydroxylation sites is 1.